The van der Waals surface area contributed by atoms with Gasteiger partial charge in [0.2, 0.25) is 22.5 Å². The van der Waals surface area contributed by atoms with E-state index < -0.39 is 6.51 Å². The monoisotopic (exact) mass is 117 g/mol. The third kappa shape index (κ3) is 16.4. The molecule has 0 aromatic carbocycles. The van der Waals surface area contributed by atoms with E-state index in [0.29, 0.717) is 0 Å². The smallest absolute Gasteiger partial charge is 0.0280 e. The molecule has 0 aliphatic heterocycles. The maximum Gasteiger partial charge on any atom is 0.575 e. The van der Waals surface area contributed by atoms with Gasteiger partial charge in [-0.15, -0.1) is 0 Å². The summed E-state index contributed by atoms with van der Waals surface area (Å²) in [7, 11) is 0. The fourth-order valence-corrected chi connectivity index (χ4v) is 0. The highest BCUT2D eigenvalue weighted by molar-refractivity contribution is 7.95. The molecule has 0 heterocycles. The van der Waals surface area contributed by atoms with Crippen molar-refractivity contribution in [2.24, 2.45) is 0 Å². The molecule has 0 aliphatic carbocycles. The molecule has 0 unspecified atom stereocenters. The lowest BCUT2D eigenvalue weighted by molar-refractivity contribution is 0.602. The highest BCUT2D eigenvalue weighted by Crippen LogP contribution is 2.31. The Hall–Kier alpha value is 0.680. The molecule has 0 aliphatic rings. The van der Waals surface area contributed by atoms with Crippen LogP contribution in [0.4, 0.5) is 0 Å². The summed E-state index contributed by atoms with van der Waals surface area (Å²) in [6, 6.07) is 0. The van der Waals surface area contributed by atoms with Crippen molar-refractivity contribution in [2.75, 3.05) is 0 Å². The van der Waals surface area contributed by atoms with Gasteiger partial charge in [-0.05, 0) is 4.57 Å². The number of hydrogen-bond donors (Lipinski definition) is 0. The Morgan fingerprint density at radius 3 is 1.50 bits per heavy atom. The van der Waals surface area contributed by atoms with E-state index in [2.05, 4.69) is 22.5 Å². The lowest BCUT2D eigenvalue weighted by Crippen LogP contribution is -0.953. The van der Waals surface area contributed by atoms with E-state index in [9.17, 15) is 0 Å². The van der Waals surface area contributed by atoms with Crippen LogP contribution in [0.5, 0.6) is 0 Å². The summed E-state index contributed by atoms with van der Waals surface area (Å²) in [5.74, 6) is 0. The van der Waals surface area contributed by atoms with Crippen molar-refractivity contribution in [3.63, 3.8) is 0 Å². The number of hydrogen-bond acceptors (Lipinski definition) is 1. The van der Waals surface area contributed by atoms with Gasteiger partial charge >= 0.3 is 6.51 Å². The van der Waals surface area contributed by atoms with Gasteiger partial charge in [0, 0.05) is 0 Å². The van der Waals surface area contributed by atoms with E-state index in [-0.39, 0.29) is 0 Å². The summed E-state index contributed by atoms with van der Waals surface area (Å²) >= 11 is 9.10. The molecule has 0 N–H and O–H groups in total. The average Bonchev–Trinajstić information content (AvgIpc) is 0.811. The van der Waals surface area contributed by atoms with Crippen LogP contribution >= 0.6 is 29.0 Å². The van der Waals surface area contributed by atoms with Gasteiger partial charge in [0.1, 0.15) is 0 Å². The average molecular weight is 118 g/mol. The molecule has 0 aromatic heterocycles. The van der Waals surface area contributed by atoms with Crippen LogP contribution < -0.4 is 0 Å². The third-order valence-corrected chi connectivity index (χ3v) is 0. The molecule has 4 heteroatoms. The van der Waals surface area contributed by atoms with E-state index in [4.69, 9.17) is 4.57 Å². The van der Waals surface area contributed by atoms with Crippen molar-refractivity contribution < 1.29 is 4.57 Å². The highest BCUT2D eigenvalue weighted by atomic mass is 35.9. The van der Waals surface area contributed by atoms with Crippen LogP contribution in [0.15, 0.2) is 0 Å². The lowest BCUT2D eigenvalue weighted by Gasteiger charge is -1.22. The van der Waals surface area contributed by atoms with Gasteiger partial charge in [-0.2, -0.15) is 0 Å². The van der Waals surface area contributed by atoms with Gasteiger partial charge in [0.15, 0.2) is 0 Å². The molecule has 1 nitrogen and oxygen atoms in total. The van der Waals surface area contributed by atoms with Crippen LogP contribution in [0.2, 0.25) is 0 Å². The van der Waals surface area contributed by atoms with Gasteiger partial charge in [-0.25, -0.2) is 0 Å². The lowest BCUT2D eigenvalue weighted by atomic mass is 16.0. The molecular weight excluding hydrogens is 118 g/mol. The van der Waals surface area contributed by atoms with Gasteiger partial charge in [0.05, 0.1) is 0 Å². The van der Waals surface area contributed by atoms with Crippen LogP contribution in [0.25, 0.3) is 0 Å². The molecule has 0 radical (unpaired) electrons. The molecule has 24 valence electrons. The van der Waals surface area contributed by atoms with E-state index in [1.807, 2.05) is 0 Å². The van der Waals surface area contributed by atoms with Crippen molar-refractivity contribution >= 4 is 29.0 Å². The topological polar surface area (TPSA) is 17.1 Å². The van der Waals surface area contributed by atoms with E-state index in [0.717, 1.165) is 0 Å². The normalized spacial score (nSPS) is 6.50. The second kappa shape index (κ2) is 1.95. The van der Waals surface area contributed by atoms with Crippen LogP contribution in [-0.2, 0) is 4.57 Å². The Morgan fingerprint density at radius 1 is 1.50 bits per heavy atom. The summed E-state index contributed by atoms with van der Waals surface area (Å²) < 4.78 is 9.12. The fraction of sp³-hybridized carbons (Fsp3) is 0. The number of rotatable bonds is 0. The first-order chi connectivity index (χ1) is 1.73. The zero-order valence-corrected chi connectivity index (χ0v) is 4.02. The van der Waals surface area contributed by atoms with Crippen LogP contribution in [0.3, 0.4) is 0 Å². The molecule has 0 rings (SSSR count). The van der Waals surface area contributed by atoms with Crippen LogP contribution in [-0.4, -0.2) is 0 Å². The van der Waals surface area contributed by atoms with Gasteiger partial charge in [-0.1, -0.05) is 0 Å². The maximum absolute atomic E-state index is 9.12. The second-order valence-corrected chi connectivity index (χ2v) is 2.97. The summed E-state index contributed by atoms with van der Waals surface area (Å²) in [4.78, 5) is 0. The zero-order valence-electron chi connectivity index (χ0n) is 1.61. The molecule has 0 fully saturated rings. The van der Waals surface area contributed by atoms with Crippen LogP contribution in [0.1, 0.15) is 0 Å². The third-order valence-electron chi connectivity index (χ3n) is 0. The Kier molecular flexibility index (Phi) is 2.28. The zero-order chi connectivity index (χ0) is 3.58. The molecular formula is Cl2OP+. The van der Waals surface area contributed by atoms with Crippen molar-refractivity contribution in [1.82, 2.24) is 0 Å². The highest BCUT2D eigenvalue weighted by Gasteiger charge is 1.97. The number of halogens is 2. The van der Waals surface area contributed by atoms with Gasteiger partial charge in [-0.3, -0.25) is 0 Å². The Balaban J connectivity index is 2.80. The fourth-order valence-electron chi connectivity index (χ4n) is 0. The second-order valence-electron chi connectivity index (χ2n) is 0.202. The summed E-state index contributed by atoms with van der Waals surface area (Å²) in [6.07, 6.45) is 0. The minimum atomic E-state index is -1.93. The standard InChI is InChI=1S/Cl2OP/c1-4(2)3/q+1. The first-order valence-electron chi connectivity index (χ1n) is 0.521. The molecule has 0 aromatic rings. The van der Waals surface area contributed by atoms with Crippen LogP contribution in [0, 0.1) is 0 Å². The summed E-state index contributed by atoms with van der Waals surface area (Å²) in [5.41, 5.74) is 0. The van der Waals surface area contributed by atoms with Crippen molar-refractivity contribution in [3.8, 4) is 0 Å². The molecule has 4 heavy (non-hydrogen) atoms. The predicted octanol–water partition coefficient (Wildman–Crippen LogP) is 2.12. The minimum absolute atomic E-state index is 1.93. The molecule has 0 bridgehead atoms. The Bertz CT molecular complexity index is 29.0. The molecule has 0 atom stereocenters. The largest absolute Gasteiger partial charge is 0.575 e. The molecule has 0 saturated heterocycles. The Morgan fingerprint density at radius 2 is 1.50 bits per heavy atom. The predicted molar refractivity (Wildman–Crippen MR) is 19.3 cm³/mol. The molecule has 0 amide bonds. The van der Waals surface area contributed by atoms with Gasteiger partial charge < -0.3 is 0 Å². The van der Waals surface area contributed by atoms with Crippen molar-refractivity contribution in [1.29, 1.82) is 0 Å². The minimum Gasteiger partial charge on any atom is -0.0280 e. The van der Waals surface area contributed by atoms with Gasteiger partial charge in [0.25, 0.3) is 0 Å². The maximum atomic E-state index is 9.12. The molecule has 0 saturated carbocycles. The van der Waals surface area contributed by atoms with Crippen molar-refractivity contribution in [3.05, 3.63) is 0 Å². The SMILES string of the molecule is O=[P+](Cl)Cl. The molecule has 0 spiro atoms. The summed E-state index contributed by atoms with van der Waals surface area (Å²) in [5, 5.41) is 0. The van der Waals surface area contributed by atoms with E-state index in [1.165, 1.54) is 0 Å². The van der Waals surface area contributed by atoms with Crippen molar-refractivity contribution in [2.45, 2.75) is 0 Å². The Labute approximate surface area is 34.3 Å². The van der Waals surface area contributed by atoms with E-state index in [1.54, 1.807) is 0 Å². The van der Waals surface area contributed by atoms with E-state index >= 15 is 0 Å². The first-order valence-corrected chi connectivity index (χ1v) is 3.59. The first kappa shape index (κ1) is 4.68. The summed E-state index contributed by atoms with van der Waals surface area (Å²) in [6.45, 7) is -1.93. The quantitative estimate of drug-likeness (QED) is 0.445.